The van der Waals surface area contributed by atoms with Crippen molar-refractivity contribution in [1.82, 2.24) is 0 Å². The molecule has 0 unspecified atom stereocenters. The molecule has 0 bridgehead atoms. The Hall–Kier alpha value is -2.08. The highest BCUT2D eigenvalue weighted by molar-refractivity contribution is 5.87. The molecule has 1 heterocycles. The van der Waals surface area contributed by atoms with E-state index in [1.807, 2.05) is 13.8 Å². The Morgan fingerprint density at radius 3 is 2.64 bits per heavy atom. The van der Waals surface area contributed by atoms with Crippen LogP contribution < -0.4 is 0 Å². The predicted molar refractivity (Wildman–Crippen MR) is 102 cm³/mol. The lowest BCUT2D eigenvalue weighted by atomic mass is 9.53. The fourth-order valence-corrected chi connectivity index (χ4v) is 5.04. The number of carbonyl (C=O) groups is 2. The van der Waals surface area contributed by atoms with Gasteiger partial charge in [-0.15, -0.1) is 0 Å². The molecule has 5 atom stereocenters. The van der Waals surface area contributed by atoms with Gasteiger partial charge in [0.2, 0.25) is 0 Å². The lowest BCUT2D eigenvalue weighted by Crippen LogP contribution is -2.55. The molecule has 0 spiro atoms. The minimum absolute atomic E-state index is 0.145. The van der Waals surface area contributed by atoms with Crippen molar-refractivity contribution in [3.63, 3.8) is 0 Å². The molecule has 28 heavy (non-hydrogen) atoms. The minimum Gasteiger partial charge on any atom is -0.469 e. The number of rotatable bonds is 4. The first-order valence-electron chi connectivity index (χ1n) is 9.92. The zero-order valence-corrected chi connectivity index (χ0v) is 17.3. The topological polar surface area (TPSA) is 86.0 Å². The van der Waals surface area contributed by atoms with Crippen LogP contribution in [0.4, 0.5) is 0 Å². The van der Waals surface area contributed by atoms with Gasteiger partial charge in [0, 0.05) is 35.8 Å². The van der Waals surface area contributed by atoms with E-state index < -0.39 is 17.6 Å². The third-order valence-electron chi connectivity index (χ3n) is 6.78. The largest absolute Gasteiger partial charge is 0.469 e. The molecule has 154 valence electrons. The summed E-state index contributed by atoms with van der Waals surface area (Å²) in [5.74, 6) is -0.0786. The Morgan fingerprint density at radius 2 is 2.04 bits per heavy atom. The number of fused-ring (bicyclic) bond motifs is 2. The van der Waals surface area contributed by atoms with Crippen molar-refractivity contribution in [3.05, 3.63) is 34.8 Å². The van der Waals surface area contributed by atoms with Gasteiger partial charge in [0.1, 0.15) is 18.0 Å². The number of hydrogen-bond donors (Lipinski definition) is 1. The van der Waals surface area contributed by atoms with Crippen molar-refractivity contribution in [2.45, 2.75) is 66.1 Å². The molecule has 0 aliphatic heterocycles. The fraction of sp³-hybridized carbons (Fsp3) is 0.636. The molecule has 1 fully saturated rings. The summed E-state index contributed by atoms with van der Waals surface area (Å²) in [6, 6.07) is 0. The molecular formula is C22H30O6. The maximum Gasteiger partial charge on any atom is 0.334 e. The molecule has 0 amide bonds. The van der Waals surface area contributed by atoms with Crippen LogP contribution >= 0.6 is 0 Å². The highest BCUT2D eigenvalue weighted by Gasteiger charge is 2.59. The lowest BCUT2D eigenvalue weighted by molar-refractivity contribution is -0.191. The quantitative estimate of drug-likeness (QED) is 0.624. The SMILES string of the molecule is C/C=C(/C)C(=O)O[C@@H]1c2c(C)coc2C[C@@H]2CC[C@@H](OC(C)=O)[C@H](CO)[C@]21C. The van der Waals surface area contributed by atoms with Crippen molar-refractivity contribution >= 4 is 11.9 Å². The second-order valence-corrected chi connectivity index (χ2v) is 8.29. The van der Waals surface area contributed by atoms with E-state index >= 15 is 0 Å². The van der Waals surface area contributed by atoms with Crippen LogP contribution in [0.3, 0.4) is 0 Å². The van der Waals surface area contributed by atoms with E-state index in [0.29, 0.717) is 12.0 Å². The number of esters is 2. The van der Waals surface area contributed by atoms with Crippen molar-refractivity contribution in [2.24, 2.45) is 17.3 Å². The van der Waals surface area contributed by atoms with Crippen LogP contribution in [0.25, 0.3) is 0 Å². The van der Waals surface area contributed by atoms with Crippen LogP contribution in [-0.4, -0.2) is 29.8 Å². The molecule has 1 N–H and O–H groups in total. The van der Waals surface area contributed by atoms with E-state index in [9.17, 15) is 14.7 Å². The lowest BCUT2D eigenvalue weighted by Gasteiger charge is -2.55. The Balaban J connectivity index is 2.09. The van der Waals surface area contributed by atoms with Crippen molar-refractivity contribution < 1.29 is 28.6 Å². The normalized spacial score (nSPS) is 32.3. The van der Waals surface area contributed by atoms with Crippen molar-refractivity contribution in [3.8, 4) is 0 Å². The van der Waals surface area contributed by atoms with Gasteiger partial charge in [-0.2, -0.15) is 0 Å². The van der Waals surface area contributed by atoms with Crippen LogP contribution in [-0.2, 0) is 25.5 Å². The first kappa shape index (κ1) is 20.6. The first-order valence-corrected chi connectivity index (χ1v) is 9.92. The Kier molecular flexibility index (Phi) is 5.71. The summed E-state index contributed by atoms with van der Waals surface area (Å²) in [5.41, 5.74) is 1.77. The number of furan rings is 1. The van der Waals surface area contributed by atoms with Crippen LogP contribution in [0.2, 0.25) is 0 Å². The third-order valence-corrected chi connectivity index (χ3v) is 6.78. The highest BCUT2D eigenvalue weighted by Crippen LogP contribution is 2.60. The summed E-state index contributed by atoms with van der Waals surface area (Å²) in [4.78, 5) is 24.3. The summed E-state index contributed by atoms with van der Waals surface area (Å²) >= 11 is 0. The molecule has 0 aromatic carbocycles. The molecule has 1 saturated carbocycles. The van der Waals surface area contributed by atoms with E-state index in [-0.39, 0.29) is 30.4 Å². The number of carbonyl (C=O) groups excluding carboxylic acids is 2. The van der Waals surface area contributed by atoms with Crippen LogP contribution in [0.15, 0.2) is 22.3 Å². The standard InChI is InChI=1S/C22H30O6/c1-6-12(2)21(25)28-20-19-13(3)11-26-18(19)9-15-7-8-17(27-14(4)24)16(10-23)22(15,20)5/h6,11,15-17,20,23H,7-10H2,1-5H3/b12-6-/t15-,16-,17+,20+,22-/m0/s1. The summed E-state index contributed by atoms with van der Waals surface area (Å²) in [6.45, 7) is 8.75. The predicted octanol–water partition coefficient (Wildman–Crippen LogP) is 3.65. The Morgan fingerprint density at radius 1 is 1.32 bits per heavy atom. The number of allylic oxidation sites excluding steroid dienone is 1. The number of aliphatic hydroxyl groups is 1. The third kappa shape index (κ3) is 3.28. The summed E-state index contributed by atoms with van der Waals surface area (Å²) < 4.78 is 17.4. The molecule has 3 rings (SSSR count). The number of hydrogen-bond acceptors (Lipinski definition) is 6. The first-order chi connectivity index (χ1) is 13.2. The van der Waals surface area contributed by atoms with Gasteiger partial charge < -0.3 is 19.0 Å². The number of ether oxygens (including phenoxy) is 2. The second-order valence-electron chi connectivity index (χ2n) is 8.29. The number of aryl methyl sites for hydroxylation is 1. The molecule has 1 aromatic rings. The van der Waals surface area contributed by atoms with Gasteiger partial charge in [-0.1, -0.05) is 13.0 Å². The van der Waals surface area contributed by atoms with Crippen LogP contribution in [0, 0.1) is 24.2 Å². The summed E-state index contributed by atoms with van der Waals surface area (Å²) in [6.07, 6.45) is 4.65. The van der Waals surface area contributed by atoms with Gasteiger partial charge in [0.25, 0.3) is 0 Å². The van der Waals surface area contributed by atoms with Crippen LogP contribution in [0.5, 0.6) is 0 Å². The van der Waals surface area contributed by atoms with Gasteiger partial charge >= 0.3 is 11.9 Å². The average Bonchev–Trinajstić information content (AvgIpc) is 3.01. The summed E-state index contributed by atoms with van der Waals surface area (Å²) in [5, 5.41) is 10.3. The molecular weight excluding hydrogens is 360 g/mol. The van der Waals surface area contributed by atoms with Gasteiger partial charge in [0.05, 0.1) is 12.9 Å². The second kappa shape index (κ2) is 7.74. The van der Waals surface area contributed by atoms with Gasteiger partial charge in [-0.05, 0) is 45.1 Å². The Labute approximate surface area is 165 Å². The van der Waals surface area contributed by atoms with E-state index in [4.69, 9.17) is 13.9 Å². The van der Waals surface area contributed by atoms with Crippen molar-refractivity contribution in [2.75, 3.05) is 6.61 Å². The Bertz CT molecular complexity index is 791. The van der Waals surface area contributed by atoms with Crippen molar-refractivity contribution in [1.29, 1.82) is 0 Å². The van der Waals surface area contributed by atoms with E-state index in [1.54, 1.807) is 26.2 Å². The minimum atomic E-state index is -0.571. The zero-order valence-electron chi connectivity index (χ0n) is 17.3. The molecule has 6 heteroatoms. The fourth-order valence-electron chi connectivity index (χ4n) is 5.04. The highest BCUT2D eigenvalue weighted by atomic mass is 16.6. The molecule has 2 aliphatic carbocycles. The molecule has 0 radical (unpaired) electrons. The summed E-state index contributed by atoms with van der Waals surface area (Å²) in [7, 11) is 0. The monoisotopic (exact) mass is 390 g/mol. The molecule has 1 aromatic heterocycles. The van der Waals surface area contributed by atoms with Gasteiger partial charge in [0.15, 0.2) is 0 Å². The molecule has 2 aliphatic rings. The van der Waals surface area contributed by atoms with E-state index in [2.05, 4.69) is 0 Å². The van der Waals surface area contributed by atoms with Gasteiger partial charge in [-0.3, -0.25) is 4.79 Å². The van der Waals surface area contributed by atoms with Gasteiger partial charge in [-0.25, -0.2) is 4.79 Å². The molecule has 6 nitrogen and oxygen atoms in total. The molecule has 0 saturated heterocycles. The average molecular weight is 390 g/mol. The smallest absolute Gasteiger partial charge is 0.334 e. The zero-order chi connectivity index (χ0) is 20.6. The maximum atomic E-state index is 12.7. The number of aliphatic hydroxyl groups excluding tert-OH is 1. The van der Waals surface area contributed by atoms with E-state index in [1.165, 1.54) is 6.92 Å². The van der Waals surface area contributed by atoms with Crippen LogP contribution in [0.1, 0.15) is 63.5 Å². The van der Waals surface area contributed by atoms with E-state index in [0.717, 1.165) is 29.7 Å². The maximum absolute atomic E-state index is 12.7.